The van der Waals surface area contributed by atoms with Crippen molar-refractivity contribution in [2.75, 3.05) is 18.4 Å². The van der Waals surface area contributed by atoms with Gasteiger partial charge < -0.3 is 10.2 Å². The van der Waals surface area contributed by atoms with E-state index in [9.17, 15) is 22.8 Å². The van der Waals surface area contributed by atoms with E-state index in [0.717, 1.165) is 12.1 Å². The zero-order chi connectivity index (χ0) is 17.2. The van der Waals surface area contributed by atoms with Crippen molar-refractivity contribution in [3.63, 3.8) is 0 Å². The molecule has 1 saturated heterocycles. The molecule has 0 spiro atoms. The summed E-state index contributed by atoms with van der Waals surface area (Å²) in [6, 6.07) is 3.23. The van der Waals surface area contributed by atoms with Crippen LogP contribution in [0.3, 0.4) is 0 Å². The first-order chi connectivity index (χ1) is 10.7. The molecule has 2 amide bonds. The largest absolute Gasteiger partial charge is 0.417 e. The summed E-state index contributed by atoms with van der Waals surface area (Å²) in [5.74, 6) is -0.947. The van der Waals surface area contributed by atoms with Gasteiger partial charge in [0.15, 0.2) is 0 Å². The predicted octanol–water partition coefficient (Wildman–Crippen LogP) is 3.56. The van der Waals surface area contributed by atoms with Crippen LogP contribution in [0.2, 0.25) is 5.02 Å². The molecule has 1 heterocycles. The topological polar surface area (TPSA) is 49.4 Å². The van der Waals surface area contributed by atoms with Crippen molar-refractivity contribution < 1.29 is 22.8 Å². The minimum absolute atomic E-state index is 0.0340. The van der Waals surface area contributed by atoms with Gasteiger partial charge in [-0.1, -0.05) is 11.6 Å². The molecule has 0 radical (unpaired) electrons. The van der Waals surface area contributed by atoms with Gasteiger partial charge in [0.05, 0.1) is 16.5 Å². The first kappa shape index (κ1) is 17.6. The average Bonchev–Trinajstić information content (AvgIpc) is 2.48. The summed E-state index contributed by atoms with van der Waals surface area (Å²) in [7, 11) is 0. The number of carbonyl (C=O) groups is 2. The van der Waals surface area contributed by atoms with E-state index >= 15 is 0 Å². The summed E-state index contributed by atoms with van der Waals surface area (Å²) >= 11 is 5.54. The van der Waals surface area contributed by atoms with Gasteiger partial charge in [-0.2, -0.15) is 13.2 Å². The highest BCUT2D eigenvalue weighted by atomic mass is 35.5. The fraction of sp³-hybridized carbons (Fsp3) is 0.467. The molecular weight excluding hydrogens is 333 g/mol. The Labute approximate surface area is 136 Å². The first-order valence-electron chi connectivity index (χ1n) is 7.11. The minimum atomic E-state index is -4.59. The molecule has 0 aromatic heterocycles. The van der Waals surface area contributed by atoms with Crippen LogP contribution in [0.15, 0.2) is 18.2 Å². The Kier molecular flexibility index (Phi) is 5.19. The van der Waals surface area contributed by atoms with E-state index in [1.807, 2.05) is 0 Å². The molecule has 1 atom stereocenters. The van der Waals surface area contributed by atoms with Gasteiger partial charge in [0.25, 0.3) is 0 Å². The van der Waals surface area contributed by atoms with Crippen LogP contribution in [0.4, 0.5) is 18.9 Å². The van der Waals surface area contributed by atoms with Gasteiger partial charge in [-0.05, 0) is 31.0 Å². The van der Waals surface area contributed by atoms with Crippen molar-refractivity contribution in [3.8, 4) is 0 Å². The van der Waals surface area contributed by atoms with Gasteiger partial charge in [0, 0.05) is 25.7 Å². The summed E-state index contributed by atoms with van der Waals surface area (Å²) in [6.07, 6.45) is -3.31. The molecule has 2 rings (SSSR count). The van der Waals surface area contributed by atoms with E-state index in [1.54, 1.807) is 4.90 Å². The number of benzene rings is 1. The Balaban J connectivity index is 2.10. The summed E-state index contributed by atoms with van der Waals surface area (Å²) in [5.41, 5.74) is -0.961. The highest BCUT2D eigenvalue weighted by molar-refractivity contribution is 6.31. The molecule has 1 N–H and O–H groups in total. The van der Waals surface area contributed by atoms with E-state index in [0.29, 0.717) is 19.4 Å². The van der Waals surface area contributed by atoms with Gasteiger partial charge in [-0.3, -0.25) is 9.59 Å². The normalized spacial score (nSPS) is 18.7. The van der Waals surface area contributed by atoms with Crippen LogP contribution in [0.5, 0.6) is 0 Å². The SMILES string of the molecule is CC(=O)N1CCCC(C(=O)Nc2ccc(Cl)c(C(F)(F)F)c2)C1. The number of nitrogens with one attached hydrogen (secondary N) is 1. The van der Waals surface area contributed by atoms with Gasteiger partial charge in [-0.15, -0.1) is 0 Å². The van der Waals surface area contributed by atoms with Crippen LogP contribution in [0.1, 0.15) is 25.3 Å². The summed E-state index contributed by atoms with van der Waals surface area (Å²) in [5, 5.41) is 2.05. The molecule has 1 aromatic rings. The summed E-state index contributed by atoms with van der Waals surface area (Å²) in [6.45, 7) is 2.30. The second kappa shape index (κ2) is 6.78. The quantitative estimate of drug-likeness (QED) is 0.888. The smallest absolute Gasteiger partial charge is 0.342 e. The van der Waals surface area contributed by atoms with E-state index in [-0.39, 0.29) is 18.1 Å². The molecule has 1 aliphatic heterocycles. The van der Waals surface area contributed by atoms with Crippen LogP contribution in [0.25, 0.3) is 0 Å². The lowest BCUT2D eigenvalue weighted by atomic mass is 9.97. The van der Waals surface area contributed by atoms with Crippen molar-refractivity contribution in [1.29, 1.82) is 0 Å². The Morgan fingerprint density at radius 2 is 2.04 bits per heavy atom. The lowest BCUT2D eigenvalue weighted by Crippen LogP contribution is -2.42. The third-order valence-electron chi connectivity index (χ3n) is 3.78. The molecule has 0 aliphatic carbocycles. The number of halogens is 4. The zero-order valence-electron chi connectivity index (χ0n) is 12.4. The average molecular weight is 349 g/mol. The van der Waals surface area contributed by atoms with Crippen LogP contribution < -0.4 is 5.32 Å². The zero-order valence-corrected chi connectivity index (χ0v) is 13.2. The van der Waals surface area contributed by atoms with E-state index in [2.05, 4.69) is 5.32 Å². The molecule has 4 nitrogen and oxygen atoms in total. The van der Waals surface area contributed by atoms with Crippen LogP contribution in [-0.2, 0) is 15.8 Å². The number of hydrogen-bond donors (Lipinski definition) is 1. The second-order valence-electron chi connectivity index (χ2n) is 5.49. The van der Waals surface area contributed by atoms with Crippen LogP contribution in [0, 0.1) is 5.92 Å². The lowest BCUT2D eigenvalue weighted by Gasteiger charge is -2.31. The first-order valence-corrected chi connectivity index (χ1v) is 7.49. The van der Waals surface area contributed by atoms with Gasteiger partial charge in [0.2, 0.25) is 11.8 Å². The highest BCUT2D eigenvalue weighted by Crippen LogP contribution is 2.36. The molecule has 1 aliphatic rings. The van der Waals surface area contributed by atoms with Crippen molar-refractivity contribution in [2.24, 2.45) is 5.92 Å². The fourth-order valence-electron chi connectivity index (χ4n) is 2.54. The molecule has 0 bridgehead atoms. The third-order valence-corrected chi connectivity index (χ3v) is 4.11. The van der Waals surface area contributed by atoms with E-state index in [4.69, 9.17) is 11.6 Å². The number of rotatable bonds is 2. The number of hydrogen-bond acceptors (Lipinski definition) is 2. The maximum absolute atomic E-state index is 12.8. The fourth-order valence-corrected chi connectivity index (χ4v) is 2.77. The number of piperidine rings is 1. The molecule has 23 heavy (non-hydrogen) atoms. The van der Waals surface area contributed by atoms with Crippen LogP contribution >= 0.6 is 11.6 Å². The van der Waals surface area contributed by atoms with Gasteiger partial charge in [-0.25, -0.2) is 0 Å². The number of likely N-dealkylation sites (tertiary alicyclic amines) is 1. The minimum Gasteiger partial charge on any atom is -0.342 e. The van der Waals surface area contributed by atoms with Crippen molar-refractivity contribution in [3.05, 3.63) is 28.8 Å². The third kappa shape index (κ3) is 4.37. The maximum Gasteiger partial charge on any atom is 0.417 e. The molecule has 1 unspecified atom stereocenters. The van der Waals surface area contributed by atoms with Crippen LogP contribution in [-0.4, -0.2) is 29.8 Å². The Morgan fingerprint density at radius 3 is 2.65 bits per heavy atom. The number of anilines is 1. The molecule has 126 valence electrons. The van der Waals surface area contributed by atoms with E-state index < -0.39 is 28.6 Å². The standard InChI is InChI=1S/C15H16ClF3N2O2/c1-9(22)21-6-2-3-10(8-21)14(23)20-11-4-5-13(16)12(7-11)15(17,18)19/h4-5,7,10H,2-3,6,8H2,1H3,(H,20,23). The maximum atomic E-state index is 12.8. The molecular formula is C15H16ClF3N2O2. The predicted molar refractivity (Wildman–Crippen MR) is 80.1 cm³/mol. The summed E-state index contributed by atoms with van der Waals surface area (Å²) < 4.78 is 38.5. The Bertz CT molecular complexity index is 619. The number of alkyl halides is 3. The van der Waals surface area contributed by atoms with Crippen molar-refractivity contribution in [2.45, 2.75) is 25.9 Å². The Morgan fingerprint density at radius 1 is 1.35 bits per heavy atom. The highest BCUT2D eigenvalue weighted by Gasteiger charge is 2.34. The van der Waals surface area contributed by atoms with Gasteiger partial charge >= 0.3 is 6.18 Å². The monoisotopic (exact) mass is 348 g/mol. The number of nitrogens with zero attached hydrogens (tertiary/aromatic N) is 1. The van der Waals surface area contributed by atoms with Crippen molar-refractivity contribution in [1.82, 2.24) is 4.90 Å². The molecule has 0 saturated carbocycles. The Hall–Kier alpha value is -1.76. The lowest BCUT2D eigenvalue weighted by molar-refractivity contribution is -0.137. The second-order valence-corrected chi connectivity index (χ2v) is 5.89. The molecule has 1 aromatic carbocycles. The number of carbonyl (C=O) groups excluding carboxylic acids is 2. The molecule has 1 fully saturated rings. The summed E-state index contributed by atoms with van der Waals surface area (Å²) in [4.78, 5) is 25.2. The molecule has 8 heteroatoms. The number of amides is 2. The van der Waals surface area contributed by atoms with E-state index in [1.165, 1.54) is 13.0 Å². The van der Waals surface area contributed by atoms with Gasteiger partial charge in [0.1, 0.15) is 0 Å². The van der Waals surface area contributed by atoms with Crippen molar-refractivity contribution >= 4 is 29.1 Å².